The molecule has 0 radical (unpaired) electrons. The first kappa shape index (κ1) is 26.5. The van der Waals surface area contributed by atoms with Crippen molar-refractivity contribution in [2.75, 3.05) is 25.5 Å². The van der Waals surface area contributed by atoms with Crippen LogP contribution in [-0.4, -0.2) is 40.7 Å². The third-order valence-corrected chi connectivity index (χ3v) is 6.50. The average Bonchev–Trinajstić information content (AvgIpc) is 2.88. The van der Waals surface area contributed by atoms with Gasteiger partial charge in [0.2, 0.25) is 11.9 Å². The molecule has 1 aliphatic rings. The predicted octanol–water partition coefficient (Wildman–Crippen LogP) is 4.15. The molecule has 0 aliphatic carbocycles. The molecular formula is C26H26ClF3N4O3. The topological polar surface area (TPSA) is 76.5 Å². The van der Waals surface area contributed by atoms with Gasteiger partial charge in [0.1, 0.15) is 7.11 Å². The average molecular weight is 535 g/mol. The summed E-state index contributed by atoms with van der Waals surface area (Å²) in [6.07, 6.45) is -2.65. The van der Waals surface area contributed by atoms with Crippen molar-refractivity contribution < 1.29 is 22.8 Å². The molecule has 0 fully saturated rings. The zero-order chi connectivity index (χ0) is 26.6. The first-order valence-electron chi connectivity index (χ1n) is 11.8. The number of aromatic nitrogens is 2. The first-order valence-corrected chi connectivity index (χ1v) is 12.1. The van der Waals surface area contributed by atoms with Crippen molar-refractivity contribution in [1.29, 1.82) is 0 Å². The fraction of sp³-hybridized carbons (Fsp3) is 0.346. The summed E-state index contributed by atoms with van der Waals surface area (Å²) in [6, 6.07) is 12.3. The molecule has 0 saturated carbocycles. The fourth-order valence-corrected chi connectivity index (χ4v) is 4.32. The van der Waals surface area contributed by atoms with Crippen LogP contribution in [-0.2, 0) is 36.8 Å². The van der Waals surface area contributed by atoms with E-state index in [0.29, 0.717) is 60.6 Å². The van der Waals surface area contributed by atoms with Crippen LogP contribution in [0.3, 0.4) is 0 Å². The van der Waals surface area contributed by atoms with Crippen LogP contribution in [0.15, 0.2) is 53.3 Å². The zero-order valence-corrected chi connectivity index (χ0v) is 20.9. The number of hydrogen-bond donors (Lipinski definition) is 1. The van der Waals surface area contributed by atoms with E-state index in [2.05, 4.69) is 10.3 Å². The molecule has 0 atom stereocenters. The second-order valence-corrected chi connectivity index (χ2v) is 9.14. The molecule has 1 aliphatic heterocycles. The highest BCUT2D eigenvalue weighted by molar-refractivity contribution is 6.30. The summed E-state index contributed by atoms with van der Waals surface area (Å²) in [5.41, 5.74) is 1.60. The number of carbonyl (C=O) groups excluding carboxylic acids is 1. The van der Waals surface area contributed by atoms with Crippen molar-refractivity contribution in [3.8, 4) is 0 Å². The second kappa shape index (κ2) is 11.2. The lowest BCUT2D eigenvalue weighted by Gasteiger charge is -2.29. The number of benzene rings is 2. The van der Waals surface area contributed by atoms with E-state index in [0.717, 1.165) is 22.4 Å². The maximum Gasteiger partial charge on any atom is 0.416 e. The van der Waals surface area contributed by atoms with Crippen LogP contribution in [0.2, 0.25) is 5.02 Å². The van der Waals surface area contributed by atoms with Gasteiger partial charge >= 0.3 is 6.18 Å². The number of hydrogen-bond acceptors (Lipinski definition) is 5. The van der Waals surface area contributed by atoms with E-state index in [1.807, 2.05) is 12.1 Å². The van der Waals surface area contributed by atoms with E-state index in [-0.39, 0.29) is 18.4 Å². The lowest BCUT2D eigenvalue weighted by atomic mass is 10.1. The monoisotopic (exact) mass is 534 g/mol. The van der Waals surface area contributed by atoms with Crippen LogP contribution in [0.5, 0.6) is 0 Å². The Balaban J connectivity index is 1.39. The van der Waals surface area contributed by atoms with Crippen molar-refractivity contribution in [3.05, 3.63) is 91.9 Å². The molecule has 7 nitrogen and oxygen atoms in total. The number of nitrogens with one attached hydrogen (secondary N) is 1. The Morgan fingerprint density at radius 1 is 1.08 bits per heavy atom. The normalized spacial score (nSPS) is 13.3. The molecule has 0 spiro atoms. The van der Waals surface area contributed by atoms with Crippen molar-refractivity contribution >= 4 is 23.5 Å². The van der Waals surface area contributed by atoms with Gasteiger partial charge < -0.3 is 15.1 Å². The summed E-state index contributed by atoms with van der Waals surface area (Å²) in [5, 5.41) is 3.68. The van der Waals surface area contributed by atoms with Gasteiger partial charge in [-0.15, -0.1) is 4.73 Å². The minimum Gasteiger partial charge on any atom is -0.411 e. The van der Waals surface area contributed by atoms with Gasteiger partial charge in [0.25, 0.3) is 5.56 Å². The standard InChI is InChI=1S/C26H26ClF3N4O3/c1-37-34-24(36)21-16-33(23(35)11-6-17-4-9-20(27)10-5-17)15-13-22(21)32-25(34)31-14-12-18-2-7-19(8-3-18)26(28,29)30/h2-5,7-10H,6,11-16H2,1H3,(H,31,32). The maximum absolute atomic E-state index is 13.1. The Labute approximate surface area is 216 Å². The first-order chi connectivity index (χ1) is 17.7. The smallest absolute Gasteiger partial charge is 0.411 e. The summed E-state index contributed by atoms with van der Waals surface area (Å²) < 4.78 is 39.3. The molecule has 0 bridgehead atoms. The third-order valence-electron chi connectivity index (χ3n) is 6.25. The van der Waals surface area contributed by atoms with Crippen molar-refractivity contribution in [3.63, 3.8) is 0 Å². The van der Waals surface area contributed by atoms with Gasteiger partial charge in [-0.3, -0.25) is 9.59 Å². The molecule has 2 aromatic carbocycles. The van der Waals surface area contributed by atoms with Crippen LogP contribution in [0.4, 0.5) is 19.1 Å². The number of anilines is 1. The molecule has 0 unspecified atom stereocenters. The fourth-order valence-electron chi connectivity index (χ4n) is 4.19. The highest BCUT2D eigenvalue weighted by Crippen LogP contribution is 2.29. The van der Waals surface area contributed by atoms with Gasteiger partial charge in [-0.05, 0) is 48.2 Å². The molecule has 1 amide bonds. The SMILES string of the molecule is COn1c(NCCc2ccc(C(F)(F)F)cc2)nc2c(c1=O)CN(C(=O)CCc1ccc(Cl)cc1)CC2. The second-order valence-electron chi connectivity index (χ2n) is 8.71. The molecule has 0 saturated heterocycles. The Morgan fingerprint density at radius 2 is 1.73 bits per heavy atom. The summed E-state index contributed by atoms with van der Waals surface area (Å²) in [4.78, 5) is 37.4. The Hall–Kier alpha value is -3.53. The molecule has 196 valence electrons. The summed E-state index contributed by atoms with van der Waals surface area (Å²) in [7, 11) is 1.34. The minimum atomic E-state index is -4.38. The van der Waals surface area contributed by atoms with Gasteiger partial charge in [0, 0.05) is 31.0 Å². The van der Waals surface area contributed by atoms with Crippen molar-refractivity contribution in [2.45, 2.75) is 38.4 Å². The minimum absolute atomic E-state index is 0.0530. The molecule has 1 N–H and O–H groups in total. The maximum atomic E-state index is 13.1. The van der Waals surface area contributed by atoms with E-state index >= 15 is 0 Å². The van der Waals surface area contributed by atoms with E-state index < -0.39 is 17.3 Å². The number of amides is 1. The Bertz CT molecular complexity index is 1310. The molecule has 4 rings (SSSR count). The number of fused-ring (bicyclic) bond motifs is 1. The van der Waals surface area contributed by atoms with E-state index in [9.17, 15) is 22.8 Å². The molecule has 1 aromatic heterocycles. The van der Waals surface area contributed by atoms with Crippen LogP contribution in [0.25, 0.3) is 0 Å². The Kier molecular flexibility index (Phi) is 8.06. The highest BCUT2D eigenvalue weighted by Gasteiger charge is 2.30. The van der Waals surface area contributed by atoms with Gasteiger partial charge in [0.15, 0.2) is 0 Å². The van der Waals surface area contributed by atoms with Crippen molar-refractivity contribution in [1.82, 2.24) is 14.6 Å². The Morgan fingerprint density at radius 3 is 2.38 bits per heavy atom. The van der Waals surface area contributed by atoms with Gasteiger partial charge in [-0.25, -0.2) is 4.98 Å². The van der Waals surface area contributed by atoms with Gasteiger partial charge in [-0.1, -0.05) is 35.9 Å². The molecule has 37 heavy (non-hydrogen) atoms. The lowest BCUT2D eigenvalue weighted by molar-refractivity contribution is -0.137. The number of rotatable bonds is 8. The summed E-state index contributed by atoms with van der Waals surface area (Å²) >= 11 is 5.91. The number of halogens is 4. The number of alkyl halides is 3. The summed E-state index contributed by atoms with van der Waals surface area (Å²) in [5.74, 6) is 0.156. The van der Waals surface area contributed by atoms with Crippen LogP contribution in [0.1, 0.15) is 34.4 Å². The van der Waals surface area contributed by atoms with Crippen molar-refractivity contribution in [2.24, 2.45) is 0 Å². The van der Waals surface area contributed by atoms with E-state index in [1.165, 1.54) is 19.2 Å². The molecule has 2 heterocycles. The van der Waals surface area contributed by atoms with E-state index in [1.54, 1.807) is 17.0 Å². The predicted molar refractivity (Wildman–Crippen MR) is 134 cm³/mol. The van der Waals surface area contributed by atoms with E-state index in [4.69, 9.17) is 16.4 Å². The quantitative estimate of drug-likeness (QED) is 0.470. The highest BCUT2D eigenvalue weighted by atomic mass is 35.5. The largest absolute Gasteiger partial charge is 0.416 e. The lowest BCUT2D eigenvalue weighted by Crippen LogP contribution is -2.42. The molecule has 3 aromatic rings. The molecular weight excluding hydrogens is 509 g/mol. The zero-order valence-electron chi connectivity index (χ0n) is 20.1. The molecule has 11 heteroatoms. The van der Waals surface area contributed by atoms with Crippen LogP contribution < -0.4 is 15.7 Å². The number of aryl methyl sites for hydroxylation is 1. The third kappa shape index (κ3) is 6.43. The van der Waals surface area contributed by atoms with Crippen LogP contribution >= 0.6 is 11.6 Å². The van der Waals surface area contributed by atoms with Gasteiger partial charge in [-0.2, -0.15) is 13.2 Å². The van der Waals surface area contributed by atoms with Gasteiger partial charge in [0.05, 0.1) is 23.4 Å². The van der Waals surface area contributed by atoms with Crippen LogP contribution in [0, 0.1) is 0 Å². The summed E-state index contributed by atoms with van der Waals surface area (Å²) in [6.45, 7) is 0.923. The number of nitrogens with zero attached hydrogens (tertiary/aromatic N) is 3. The number of carbonyl (C=O) groups is 1.